The number of benzene rings is 3. The summed E-state index contributed by atoms with van der Waals surface area (Å²) in [4.78, 5) is 12.8. The first-order chi connectivity index (χ1) is 17.2. The molecule has 0 radical (unpaired) electrons. The Hall–Kier alpha value is -2.49. The summed E-state index contributed by atoms with van der Waals surface area (Å²) in [6.07, 6.45) is -1.63. The topological polar surface area (TPSA) is 85.6 Å². The minimum absolute atomic E-state index is 0.0123. The van der Waals surface area contributed by atoms with Crippen LogP contribution in [0.5, 0.6) is 0 Å². The molecule has 0 spiro atoms. The monoisotopic (exact) mass is 577 g/mol. The van der Waals surface area contributed by atoms with Gasteiger partial charge < -0.3 is 9.84 Å². The van der Waals surface area contributed by atoms with Crippen molar-refractivity contribution in [3.63, 3.8) is 0 Å². The van der Waals surface area contributed by atoms with E-state index >= 15 is 0 Å². The molecule has 1 heterocycles. The molecule has 11 heteroatoms. The van der Waals surface area contributed by atoms with Gasteiger partial charge in [-0.05, 0) is 63.2 Å². The van der Waals surface area contributed by atoms with Gasteiger partial charge in [-0.3, -0.25) is 0 Å². The standard InChI is InChI=1S/C26H23BCl3NO5S/c1-26(2,3)36-25(33)16-9-10-18(28)22(23(16)30)24(32)21-13-17-19(29)11-14(27)12-20(17)31(21)37(34,35)15-7-5-4-6-8-15/h4-13,24,32H,27H2,1-3H3. The van der Waals surface area contributed by atoms with Crippen LogP contribution in [0.2, 0.25) is 15.1 Å². The Labute approximate surface area is 231 Å². The van der Waals surface area contributed by atoms with Gasteiger partial charge in [-0.1, -0.05) is 58.5 Å². The summed E-state index contributed by atoms with van der Waals surface area (Å²) in [5, 5.41) is 12.2. The zero-order valence-electron chi connectivity index (χ0n) is 20.4. The predicted octanol–water partition coefficient (Wildman–Crippen LogP) is 5.13. The van der Waals surface area contributed by atoms with Crippen molar-refractivity contribution in [1.82, 2.24) is 3.97 Å². The van der Waals surface area contributed by atoms with Crippen LogP contribution in [0.3, 0.4) is 0 Å². The SMILES string of the molecule is Bc1cc(Cl)c2cc(C(O)c3c(Cl)ccc(C(=O)OC(C)(C)C)c3Cl)n(S(=O)(=O)c3ccccc3)c2c1. The molecule has 1 atom stereocenters. The highest BCUT2D eigenvalue weighted by atomic mass is 35.5. The van der Waals surface area contributed by atoms with Crippen LogP contribution in [0, 0.1) is 0 Å². The average Bonchev–Trinajstić information content (AvgIpc) is 3.19. The van der Waals surface area contributed by atoms with Crippen molar-refractivity contribution in [3.8, 4) is 0 Å². The smallest absolute Gasteiger partial charge is 0.340 e. The number of aliphatic hydroxyl groups excluding tert-OH is 1. The minimum Gasteiger partial charge on any atom is -0.456 e. The minimum atomic E-state index is -4.20. The number of ether oxygens (including phenoxy) is 1. The van der Waals surface area contributed by atoms with E-state index in [1.54, 1.807) is 58.9 Å². The molecular formula is C26H23BCl3NO5S. The zero-order valence-corrected chi connectivity index (χ0v) is 23.5. The van der Waals surface area contributed by atoms with Crippen LogP contribution in [-0.2, 0) is 14.8 Å². The van der Waals surface area contributed by atoms with Crippen molar-refractivity contribution in [2.75, 3.05) is 0 Å². The van der Waals surface area contributed by atoms with Gasteiger partial charge in [0.2, 0.25) is 0 Å². The van der Waals surface area contributed by atoms with Crippen LogP contribution >= 0.6 is 34.8 Å². The first kappa shape index (κ1) is 27.5. The van der Waals surface area contributed by atoms with Crippen molar-refractivity contribution in [1.29, 1.82) is 0 Å². The first-order valence-corrected chi connectivity index (χ1v) is 13.8. The molecule has 0 aliphatic carbocycles. The summed E-state index contributed by atoms with van der Waals surface area (Å²) in [6, 6.07) is 15.5. The second kappa shape index (κ2) is 10.0. The third kappa shape index (κ3) is 5.26. The van der Waals surface area contributed by atoms with E-state index in [2.05, 4.69) is 0 Å². The van der Waals surface area contributed by atoms with Crippen molar-refractivity contribution >= 4 is 75.0 Å². The van der Waals surface area contributed by atoms with Gasteiger partial charge in [-0.25, -0.2) is 17.2 Å². The van der Waals surface area contributed by atoms with Crippen LogP contribution in [0.4, 0.5) is 0 Å². The number of aliphatic hydroxyl groups is 1. The van der Waals surface area contributed by atoms with Gasteiger partial charge in [0.15, 0.2) is 0 Å². The molecule has 0 bridgehead atoms. The Balaban J connectivity index is 1.99. The van der Waals surface area contributed by atoms with Crippen molar-refractivity contribution in [2.24, 2.45) is 0 Å². The molecule has 6 nitrogen and oxygen atoms in total. The van der Waals surface area contributed by atoms with Crippen molar-refractivity contribution in [3.05, 3.63) is 92.6 Å². The number of nitrogens with zero attached hydrogens (tertiary/aromatic N) is 1. The molecule has 0 saturated carbocycles. The lowest BCUT2D eigenvalue weighted by Gasteiger charge is -2.22. The first-order valence-electron chi connectivity index (χ1n) is 11.2. The Morgan fingerprint density at radius 1 is 1.00 bits per heavy atom. The normalized spacial score (nSPS) is 13.1. The maximum atomic E-state index is 13.9. The summed E-state index contributed by atoms with van der Waals surface area (Å²) in [5.41, 5.74) is 0.118. The average molecular weight is 579 g/mol. The number of esters is 1. The van der Waals surface area contributed by atoms with E-state index in [9.17, 15) is 18.3 Å². The number of aromatic nitrogens is 1. The molecule has 192 valence electrons. The fraction of sp³-hybridized carbons (Fsp3) is 0.192. The Kier molecular flexibility index (Phi) is 7.45. The van der Waals surface area contributed by atoms with E-state index < -0.39 is 27.7 Å². The molecule has 0 saturated heterocycles. The summed E-state index contributed by atoms with van der Waals surface area (Å²) in [5.74, 6) is -0.710. The molecule has 0 amide bonds. The third-order valence-electron chi connectivity index (χ3n) is 5.58. The molecule has 4 aromatic rings. The fourth-order valence-electron chi connectivity index (χ4n) is 4.01. The second-order valence-electron chi connectivity index (χ2n) is 9.56. The van der Waals surface area contributed by atoms with Crippen LogP contribution in [0.1, 0.15) is 48.5 Å². The molecule has 1 unspecified atom stereocenters. The Morgan fingerprint density at radius 2 is 1.65 bits per heavy atom. The van der Waals surface area contributed by atoms with Gasteiger partial charge in [0.05, 0.1) is 26.7 Å². The zero-order chi connectivity index (χ0) is 27.3. The molecule has 1 aromatic heterocycles. The van der Waals surface area contributed by atoms with E-state index in [0.29, 0.717) is 10.4 Å². The van der Waals surface area contributed by atoms with Crippen molar-refractivity contribution < 1.29 is 23.1 Å². The summed E-state index contributed by atoms with van der Waals surface area (Å²) < 4.78 is 34.2. The van der Waals surface area contributed by atoms with E-state index in [-0.39, 0.29) is 37.3 Å². The lowest BCUT2D eigenvalue weighted by Crippen LogP contribution is -2.24. The van der Waals surface area contributed by atoms with Gasteiger partial charge in [-0.2, -0.15) is 0 Å². The second-order valence-corrected chi connectivity index (χ2v) is 12.5. The van der Waals surface area contributed by atoms with Gasteiger partial charge in [0, 0.05) is 21.0 Å². The summed E-state index contributed by atoms with van der Waals surface area (Å²) in [7, 11) is -2.41. The van der Waals surface area contributed by atoms with Crippen LogP contribution in [-0.4, -0.2) is 36.9 Å². The number of hydrogen-bond acceptors (Lipinski definition) is 5. The maximum absolute atomic E-state index is 13.9. The maximum Gasteiger partial charge on any atom is 0.340 e. The molecule has 0 aliphatic rings. The van der Waals surface area contributed by atoms with Gasteiger partial charge >= 0.3 is 5.97 Å². The lowest BCUT2D eigenvalue weighted by atomic mass is 9.95. The molecule has 1 N–H and O–H groups in total. The molecule has 0 fully saturated rings. The lowest BCUT2D eigenvalue weighted by molar-refractivity contribution is 0.00695. The van der Waals surface area contributed by atoms with E-state index in [1.807, 2.05) is 0 Å². The highest BCUT2D eigenvalue weighted by molar-refractivity contribution is 7.90. The van der Waals surface area contributed by atoms with Crippen LogP contribution in [0.25, 0.3) is 10.9 Å². The van der Waals surface area contributed by atoms with Crippen LogP contribution < -0.4 is 5.46 Å². The number of hydrogen-bond donors (Lipinski definition) is 1. The Morgan fingerprint density at radius 3 is 2.27 bits per heavy atom. The van der Waals surface area contributed by atoms with E-state index in [1.165, 1.54) is 30.3 Å². The number of fused-ring (bicyclic) bond motifs is 1. The van der Waals surface area contributed by atoms with Gasteiger partial charge in [0.1, 0.15) is 19.6 Å². The van der Waals surface area contributed by atoms with Crippen molar-refractivity contribution in [2.45, 2.75) is 37.4 Å². The van der Waals surface area contributed by atoms with E-state index in [4.69, 9.17) is 39.5 Å². The van der Waals surface area contributed by atoms with E-state index in [0.717, 1.165) is 9.44 Å². The summed E-state index contributed by atoms with van der Waals surface area (Å²) in [6.45, 7) is 5.13. The largest absolute Gasteiger partial charge is 0.456 e. The number of carbonyl (C=O) groups excluding carboxylic acids is 1. The fourth-order valence-corrected chi connectivity index (χ4v) is 6.54. The number of carbonyl (C=O) groups is 1. The Bertz CT molecular complexity index is 1630. The molecule has 37 heavy (non-hydrogen) atoms. The quantitative estimate of drug-likeness (QED) is 0.262. The van der Waals surface area contributed by atoms with Gasteiger partial charge in [-0.15, -0.1) is 0 Å². The number of halogens is 3. The molecule has 0 aliphatic heterocycles. The highest BCUT2D eigenvalue weighted by Crippen LogP contribution is 2.40. The van der Waals surface area contributed by atoms with Gasteiger partial charge in [0.25, 0.3) is 10.0 Å². The highest BCUT2D eigenvalue weighted by Gasteiger charge is 2.32. The third-order valence-corrected chi connectivity index (χ3v) is 8.38. The molecule has 4 rings (SSSR count). The molecular weight excluding hydrogens is 556 g/mol. The predicted molar refractivity (Wildman–Crippen MR) is 150 cm³/mol. The van der Waals surface area contributed by atoms with Crippen LogP contribution in [0.15, 0.2) is 65.6 Å². The summed E-state index contributed by atoms with van der Waals surface area (Å²) >= 11 is 19.5. The molecule has 3 aromatic carbocycles. The number of rotatable bonds is 5.